The van der Waals surface area contributed by atoms with Crippen molar-refractivity contribution in [1.29, 1.82) is 0 Å². The Morgan fingerprint density at radius 3 is 2.58 bits per heavy atom. The topological polar surface area (TPSA) is 54.5 Å². The van der Waals surface area contributed by atoms with Gasteiger partial charge in [0.1, 0.15) is 0 Å². The molecule has 4 nitrogen and oxygen atoms in total. The van der Waals surface area contributed by atoms with Gasteiger partial charge in [-0.1, -0.05) is 38.1 Å². The van der Waals surface area contributed by atoms with Gasteiger partial charge in [0.25, 0.3) is 0 Å². The van der Waals surface area contributed by atoms with Gasteiger partial charge in [-0.25, -0.2) is 4.31 Å². The van der Waals surface area contributed by atoms with Crippen LogP contribution < -0.4 is 0 Å². The molecule has 0 spiro atoms. The van der Waals surface area contributed by atoms with Gasteiger partial charge >= 0.3 is 9.24 Å². The molecule has 1 aromatic rings. The summed E-state index contributed by atoms with van der Waals surface area (Å²) in [4.78, 5) is 12.0. The van der Waals surface area contributed by atoms with Crippen LogP contribution in [0.25, 0.3) is 0 Å². The first-order valence-electron chi connectivity index (χ1n) is 6.11. The summed E-state index contributed by atoms with van der Waals surface area (Å²) in [6.07, 6.45) is 0.649. The van der Waals surface area contributed by atoms with Crippen molar-refractivity contribution < 1.29 is 13.2 Å². The van der Waals surface area contributed by atoms with Gasteiger partial charge in [-0.3, -0.25) is 4.79 Å². The molecule has 1 aliphatic heterocycles. The molecular weight excluding hydrogens is 286 g/mol. The zero-order valence-electron chi connectivity index (χ0n) is 10.6. The normalized spacial score (nSPS) is 28.4. The number of benzene rings is 1. The Kier molecular flexibility index (Phi) is 2.54. The van der Waals surface area contributed by atoms with Gasteiger partial charge in [-0.2, -0.15) is 8.42 Å². The van der Waals surface area contributed by atoms with E-state index in [1.54, 1.807) is 0 Å². The lowest BCUT2D eigenvalue weighted by Gasteiger charge is -2.52. The third-order valence-electron chi connectivity index (χ3n) is 4.14. The fourth-order valence-corrected chi connectivity index (χ4v) is 4.68. The first kappa shape index (κ1) is 12.9. The predicted molar refractivity (Wildman–Crippen MR) is 71.9 cm³/mol. The molecule has 1 fully saturated rings. The van der Waals surface area contributed by atoms with Gasteiger partial charge in [-0.15, -0.1) is 0 Å². The number of β-lactam (4-membered cyclic amide) rings is 1. The van der Waals surface area contributed by atoms with Crippen LogP contribution in [0, 0.1) is 5.92 Å². The van der Waals surface area contributed by atoms with Crippen molar-refractivity contribution in [2.24, 2.45) is 5.92 Å². The zero-order chi connectivity index (χ0) is 14.0. The van der Waals surface area contributed by atoms with Crippen LogP contribution in [0.2, 0.25) is 0 Å². The van der Waals surface area contributed by atoms with Crippen LogP contribution in [0.1, 0.15) is 37.4 Å². The van der Waals surface area contributed by atoms with E-state index in [4.69, 9.17) is 10.7 Å². The molecule has 19 heavy (non-hydrogen) atoms. The second-order valence-electron chi connectivity index (χ2n) is 5.80. The van der Waals surface area contributed by atoms with E-state index in [2.05, 4.69) is 13.8 Å². The molecule has 0 aromatic heterocycles. The van der Waals surface area contributed by atoms with Crippen molar-refractivity contribution in [3.8, 4) is 0 Å². The molecule has 3 rings (SSSR count). The fraction of sp³-hybridized carbons (Fsp3) is 0.462. The second kappa shape index (κ2) is 3.73. The summed E-state index contributed by atoms with van der Waals surface area (Å²) < 4.78 is 23.9. The number of carbonyl (C=O) groups excluding carboxylic acids is 1. The van der Waals surface area contributed by atoms with Crippen molar-refractivity contribution in [3.63, 3.8) is 0 Å². The van der Waals surface area contributed by atoms with Crippen LogP contribution in [-0.4, -0.2) is 18.6 Å². The van der Waals surface area contributed by atoms with Gasteiger partial charge in [-0.05, 0) is 23.0 Å². The highest BCUT2D eigenvalue weighted by atomic mass is 35.7. The number of rotatable bonds is 1. The monoisotopic (exact) mass is 299 g/mol. The average molecular weight is 300 g/mol. The van der Waals surface area contributed by atoms with Crippen LogP contribution in [0.4, 0.5) is 0 Å². The smallest absolute Gasteiger partial charge is 0.273 e. The van der Waals surface area contributed by atoms with E-state index in [-0.39, 0.29) is 17.2 Å². The third-order valence-corrected chi connectivity index (χ3v) is 5.46. The maximum absolute atomic E-state index is 12.0. The molecule has 2 unspecified atom stereocenters. The molecule has 0 radical (unpaired) electrons. The molecule has 1 amide bonds. The Balaban J connectivity index is 2.16. The van der Waals surface area contributed by atoms with Crippen LogP contribution >= 0.6 is 10.7 Å². The summed E-state index contributed by atoms with van der Waals surface area (Å²) in [7, 11) is 1.35. The molecule has 102 valence electrons. The number of nitrogens with zero attached hydrogens (tertiary/aromatic N) is 1. The Morgan fingerprint density at radius 1 is 1.32 bits per heavy atom. The van der Waals surface area contributed by atoms with Crippen LogP contribution in [0.15, 0.2) is 24.3 Å². The predicted octanol–water partition coefficient (Wildman–Crippen LogP) is 2.35. The molecule has 0 saturated carbocycles. The van der Waals surface area contributed by atoms with E-state index in [9.17, 15) is 13.2 Å². The van der Waals surface area contributed by atoms with Crippen molar-refractivity contribution in [2.45, 2.75) is 31.7 Å². The van der Waals surface area contributed by atoms with Gasteiger partial charge in [0.15, 0.2) is 0 Å². The Hall–Kier alpha value is -1.07. The lowest BCUT2D eigenvalue weighted by molar-refractivity contribution is -0.149. The molecule has 2 aliphatic rings. The first-order valence-corrected chi connectivity index (χ1v) is 8.37. The standard InChI is InChI=1S/C13H14ClNO3S/c1-13(2)7-9-11(8-5-3-4-6-10(8)13)15(12(9)16)19(14,17)18/h3-6,9,11H,7H2,1-2H3. The molecular formula is C13H14ClNO3S. The van der Waals surface area contributed by atoms with Crippen molar-refractivity contribution >= 4 is 25.8 Å². The lowest BCUT2D eigenvalue weighted by Crippen LogP contribution is -2.59. The largest absolute Gasteiger partial charge is 0.324 e. The number of amides is 1. The van der Waals surface area contributed by atoms with Crippen molar-refractivity contribution in [3.05, 3.63) is 35.4 Å². The van der Waals surface area contributed by atoms with E-state index in [1.165, 1.54) is 0 Å². The number of fused-ring (bicyclic) bond motifs is 3. The number of halogens is 1. The second-order valence-corrected chi connectivity index (χ2v) is 8.19. The van der Waals surface area contributed by atoms with Gasteiger partial charge in [0, 0.05) is 10.7 Å². The van der Waals surface area contributed by atoms with Gasteiger partial charge < -0.3 is 0 Å². The summed E-state index contributed by atoms with van der Waals surface area (Å²) in [5.41, 5.74) is 1.86. The Bertz CT molecular complexity index is 668. The summed E-state index contributed by atoms with van der Waals surface area (Å²) in [5.74, 6) is -0.666. The van der Waals surface area contributed by atoms with E-state index in [0.717, 1.165) is 15.4 Å². The molecule has 1 heterocycles. The summed E-state index contributed by atoms with van der Waals surface area (Å²) in [6, 6.07) is 7.24. The zero-order valence-corrected chi connectivity index (χ0v) is 12.2. The van der Waals surface area contributed by atoms with Gasteiger partial charge in [0.2, 0.25) is 5.91 Å². The highest BCUT2D eigenvalue weighted by Crippen LogP contribution is 2.54. The molecule has 2 atom stereocenters. The first-order chi connectivity index (χ1) is 8.73. The van der Waals surface area contributed by atoms with Gasteiger partial charge in [0.05, 0.1) is 12.0 Å². The van der Waals surface area contributed by atoms with Crippen LogP contribution in [0.5, 0.6) is 0 Å². The molecule has 0 N–H and O–H groups in total. The van der Waals surface area contributed by atoms with E-state index in [0.29, 0.717) is 6.42 Å². The number of hydrogen-bond donors (Lipinski definition) is 0. The van der Waals surface area contributed by atoms with E-state index in [1.807, 2.05) is 24.3 Å². The summed E-state index contributed by atoms with van der Waals surface area (Å²) in [6.45, 7) is 4.15. The SMILES string of the molecule is CC1(C)CC2C(=O)N(S(=O)(=O)Cl)C2c2ccccc21. The lowest BCUT2D eigenvalue weighted by atomic mass is 9.63. The molecule has 0 bridgehead atoms. The number of hydrogen-bond acceptors (Lipinski definition) is 3. The Labute approximate surface area is 116 Å². The quantitative estimate of drug-likeness (QED) is 0.591. The third kappa shape index (κ3) is 1.71. The van der Waals surface area contributed by atoms with E-state index >= 15 is 0 Å². The molecule has 1 saturated heterocycles. The minimum atomic E-state index is -4.01. The molecule has 1 aromatic carbocycles. The summed E-state index contributed by atoms with van der Waals surface area (Å²) >= 11 is 0. The highest BCUT2D eigenvalue weighted by Gasteiger charge is 2.58. The Morgan fingerprint density at radius 2 is 1.95 bits per heavy atom. The highest BCUT2D eigenvalue weighted by molar-refractivity contribution is 8.12. The average Bonchev–Trinajstić information content (AvgIpc) is 2.30. The molecule has 6 heteroatoms. The van der Waals surface area contributed by atoms with Crippen LogP contribution in [-0.2, 0) is 19.4 Å². The fourth-order valence-electron chi connectivity index (χ4n) is 3.33. The van der Waals surface area contributed by atoms with Crippen molar-refractivity contribution in [1.82, 2.24) is 4.31 Å². The molecule has 1 aliphatic carbocycles. The minimum Gasteiger partial charge on any atom is -0.273 e. The maximum Gasteiger partial charge on any atom is 0.324 e. The maximum atomic E-state index is 12.0. The summed E-state index contributed by atoms with van der Waals surface area (Å²) in [5, 5.41) is 0. The minimum absolute atomic E-state index is 0.129. The van der Waals surface area contributed by atoms with E-state index < -0.39 is 15.3 Å². The van der Waals surface area contributed by atoms with Crippen LogP contribution in [0.3, 0.4) is 0 Å². The number of carbonyl (C=O) groups is 1. The van der Waals surface area contributed by atoms with Crippen molar-refractivity contribution in [2.75, 3.05) is 0 Å².